The molecular weight excluding hydrogens is 300 g/mol. The molecule has 1 aromatic heterocycles. The largest absolute Gasteiger partial charge is 0.481 e. The summed E-state index contributed by atoms with van der Waals surface area (Å²) in [6.07, 6.45) is 0. The minimum atomic E-state index is -0.872. The molecule has 6 nitrogen and oxygen atoms in total. The second kappa shape index (κ2) is 5.26. The Kier molecular flexibility index (Phi) is 3.71. The first-order chi connectivity index (χ1) is 8.59. The van der Waals surface area contributed by atoms with E-state index < -0.39 is 11.9 Å². The average molecular weight is 311 g/mol. The Hall–Kier alpha value is -1.76. The van der Waals surface area contributed by atoms with Gasteiger partial charge in [-0.3, -0.25) is 4.79 Å². The summed E-state index contributed by atoms with van der Waals surface area (Å²) in [7, 11) is 0. The van der Waals surface area contributed by atoms with Gasteiger partial charge in [0.1, 0.15) is 0 Å². The molecule has 1 N–H and O–H groups in total. The zero-order valence-electron chi connectivity index (χ0n) is 9.62. The number of carboxylic acid groups (broad SMARTS) is 1. The third-order valence-corrected chi connectivity index (χ3v) is 3.21. The van der Waals surface area contributed by atoms with E-state index >= 15 is 0 Å². The van der Waals surface area contributed by atoms with Gasteiger partial charge in [0.15, 0.2) is 5.82 Å². The molecule has 2 aromatic rings. The number of hydrogen-bond acceptors (Lipinski definition) is 4. The van der Waals surface area contributed by atoms with Crippen LogP contribution in [0.3, 0.4) is 0 Å². The molecule has 0 radical (unpaired) electrons. The lowest BCUT2D eigenvalue weighted by Gasteiger charge is -2.08. The van der Waals surface area contributed by atoms with E-state index in [4.69, 9.17) is 5.11 Å². The van der Waals surface area contributed by atoms with Crippen molar-refractivity contribution < 1.29 is 9.90 Å². The van der Waals surface area contributed by atoms with Gasteiger partial charge in [0.2, 0.25) is 0 Å². The number of halogens is 1. The summed E-state index contributed by atoms with van der Waals surface area (Å²) >= 11 is 3.42. The lowest BCUT2D eigenvalue weighted by Crippen LogP contribution is -2.18. The normalized spacial score (nSPS) is 12.3. The fraction of sp³-hybridized carbons (Fsp3) is 0.273. The second-order valence-corrected chi connectivity index (χ2v) is 4.76. The Labute approximate surface area is 112 Å². The fourth-order valence-electron chi connectivity index (χ4n) is 1.50. The van der Waals surface area contributed by atoms with Crippen molar-refractivity contribution in [3.63, 3.8) is 0 Å². The van der Waals surface area contributed by atoms with E-state index in [2.05, 4.69) is 31.5 Å². The summed E-state index contributed by atoms with van der Waals surface area (Å²) in [6.45, 7) is 1.85. The first kappa shape index (κ1) is 12.7. The summed E-state index contributed by atoms with van der Waals surface area (Å²) in [6, 6.07) is 7.52. The van der Waals surface area contributed by atoms with E-state index in [0.717, 1.165) is 10.0 Å². The van der Waals surface area contributed by atoms with Crippen LogP contribution in [0.15, 0.2) is 28.7 Å². The Morgan fingerprint density at radius 2 is 2.22 bits per heavy atom. The van der Waals surface area contributed by atoms with Gasteiger partial charge in [0.05, 0.1) is 12.5 Å². The van der Waals surface area contributed by atoms with Crippen LogP contribution < -0.4 is 0 Å². The predicted octanol–water partition coefficient (Wildman–Crippen LogP) is 1.82. The van der Waals surface area contributed by atoms with Crippen molar-refractivity contribution in [3.05, 3.63) is 28.7 Å². The molecule has 0 aliphatic heterocycles. The molecule has 2 rings (SSSR count). The molecule has 94 valence electrons. The predicted molar refractivity (Wildman–Crippen MR) is 67.8 cm³/mol. The number of aromatic nitrogens is 4. The number of aliphatic carboxylic acids is 1. The molecule has 1 unspecified atom stereocenters. The number of nitrogens with zero attached hydrogens (tertiary/aromatic N) is 4. The maximum absolute atomic E-state index is 10.8. The Morgan fingerprint density at radius 1 is 1.50 bits per heavy atom. The maximum atomic E-state index is 10.8. The number of hydrogen-bond donors (Lipinski definition) is 1. The molecular formula is C11H11BrN4O2. The van der Waals surface area contributed by atoms with Crippen LogP contribution in [0.5, 0.6) is 0 Å². The molecule has 1 heterocycles. The number of carbonyl (C=O) groups is 1. The van der Waals surface area contributed by atoms with Crippen LogP contribution in [-0.4, -0.2) is 31.3 Å². The summed E-state index contributed by atoms with van der Waals surface area (Å²) in [5, 5.41) is 20.3. The monoisotopic (exact) mass is 310 g/mol. The quantitative estimate of drug-likeness (QED) is 0.931. The van der Waals surface area contributed by atoms with E-state index in [1.807, 2.05) is 24.3 Å². The van der Waals surface area contributed by atoms with E-state index in [1.165, 1.54) is 4.68 Å². The molecule has 1 atom stereocenters. The van der Waals surface area contributed by atoms with Crippen molar-refractivity contribution >= 4 is 21.9 Å². The van der Waals surface area contributed by atoms with Crippen LogP contribution in [-0.2, 0) is 11.3 Å². The molecule has 0 saturated heterocycles. The molecule has 0 amide bonds. The van der Waals surface area contributed by atoms with Gasteiger partial charge < -0.3 is 5.11 Å². The molecule has 18 heavy (non-hydrogen) atoms. The topological polar surface area (TPSA) is 80.9 Å². The highest BCUT2D eigenvalue weighted by Crippen LogP contribution is 2.25. The minimum Gasteiger partial charge on any atom is -0.481 e. The van der Waals surface area contributed by atoms with Gasteiger partial charge in [-0.05, 0) is 22.6 Å². The van der Waals surface area contributed by atoms with Crippen molar-refractivity contribution in [2.45, 2.75) is 13.5 Å². The van der Waals surface area contributed by atoms with Gasteiger partial charge in [-0.2, -0.15) is 0 Å². The Balaban J connectivity index is 2.34. The zero-order valence-corrected chi connectivity index (χ0v) is 11.2. The summed E-state index contributed by atoms with van der Waals surface area (Å²) in [5.74, 6) is -0.867. The zero-order chi connectivity index (χ0) is 13.1. The van der Waals surface area contributed by atoms with Crippen LogP contribution in [0.4, 0.5) is 0 Å². The molecule has 1 aromatic carbocycles. The second-order valence-electron chi connectivity index (χ2n) is 3.90. The number of carboxylic acids is 1. The third-order valence-electron chi connectivity index (χ3n) is 2.52. The molecule has 0 fully saturated rings. The van der Waals surface area contributed by atoms with Crippen LogP contribution in [0.1, 0.15) is 6.92 Å². The average Bonchev–Trinajstić information content (AvgIpc) is 2.77. The van der Waals surface area contributed by atoms with Gasteiger partial charge >= 0.3 is 5.97 Å². The molecule has 7 heteroatoms. The fourth-order valence-corrected chi connectivity index (χ4v) is 1.96. The van der Waals surface area contributed by atoms with E-state index in [-0.39, 0.29) is 6.54 Å². The van der Waals surface area contributed by atoms with Crippen molar-refractivity contribution in [2.24, 2.45) is 5.92 Å². The summed E-state index contributed by atoms with van der Waals surface area (Å²) in [4.78, 5) is 10.8. The van der Waals surface area contributed by atoms with Gasteiger partial charge in [0.25, 0.3) is 0 Å². The van der Waals surface area contributed by atoms with E-state index in [1.54, 1.807) is 6.92 Å². The lowest BCUT2D eigenvalue weighted by molar-refractivity contribution is -0.141. The number of rotatable bonds is 4. The highest BCUT2D eigenvalue weighted by atomic mass is 79.9. The first-order valence-corrected chi connectivity index (χ1v) is 6.12. The first-order valence-electron chi connectivity index (χ1n) is 5.33. The SMILES string of the molecule is CC(Cn1nnnc1-c1ccccc1Br)C(=O)O. The van der Waals surface area contributed by atoms with E-state index in [9.17, 15) is 4.79 Å². The van der Waals surface area contributed by atoms with Crippen LogP contribution in [0.2, 0.25) is 0 Å². The van der Waals surface area contributed by atoms with Crippen molar-refractivity contribution in [1.82, 2.24) is 20.2 Å². The number of benzene rings is 1. The highest BCUT2D eigenvalue weighted by molar-refractivity contribution is 9.10. The molecule has 0 aliphatic rings. The smallest absolute Gasteiger partial charge is 0.308 e. The van der Waals surface area contributed by atoms with Crippen LogP contribution in [0, 0.1) is 5.92 Å². The lowest BCUT2D eigenvalue weighted by atomic mass is 10.1. The number of tetrazole rings is 1. The van der Waals surface area contributed by atoms with Gasteiger partial charge in [-0.1, -0.05) is 35.0 Å². The van der Waals surface area contributed by atoms with Gasteiger partial charge in [0, 0.05) is 10.0 Å². The van der Waals surface area contributed by atoms with Crippen molar-refractivity contribution in [2.75, 3.05) is 0 Å². The third kappa shape index (κ3) is 2.56. The van der Waals surface area contributed by atoms with Crippen LogP contribution in [0.25, 0.3) is 11.4 Å². The van der Waals surface area contributed by atoms with Gasteiger partial charge in [-0.25, -0.2) is 4.68 Å². The Bertz CT molecular complexity index is 570. The molecule has 0 saturated carbocycles. The van der Waals surface area contributed by atoms with Crippen molar-refractivity contribution in [1.29, 1.82) is 0 Å². The Morgan fingerprint density at radius 3 is 2.89 bits per heavy atom. The summed E-state index contributed by atoms with van der Waals surface area (Å²) < 4.78 is 2.36. The standard InChI is InChI=1S/C11H11BrN4O2/c1-7(11(17)18)6-16-10(13-14-15-16)8-4-2-3-5-9(8)12/h2-5,7H,6H2,1H3,(H,17,18). The summed E-state index contributed by atoms with van der Waals surface area (Å²) in [5.41, 5.74) is 0.833. The van der Waals surface area contributed by atoms with Crippen LogP contribution >= 0.6 is 15.9 Å². The van der Waals surface area contributed by atoms with E-state index in [0.29, 0.717) is 5.82 Å². The molecule has 0 bridgehead atoms. The minimum absolute atomic E-state index is 0.235. The van der Waals surface area contributed by atoms with Gasteiger partial charge in [-0.15, -0.1) is 5.10 Å². The van der Waals surface area contributed by atoms with Crippen molar-refractivity contribution in [3.8, 4) is 11.4 Å². The highest BCUT2D eigenvalue weighted by Gasteiger charge is 2.17. The maximum Gasteiger partial charge on any atom is 0.308 e. The molecule has 0 spiro atoms. The molecule has 0 aliphatic carbocycles.